The number of aromatic nitrogens is 1. The zero-order valence-electron chi connectivity index (χ0n) is 11.0. The van der Waals surface area contributed by atoms with Gasteiger partial charge < -0.3 is 12.4 Å². The summed E-state index contributed by atoms with van der Waals surface area (Å²) in [6.07, 6.45) is 3.21. The Kier molecular flexibility index (Phi) is 3.29. The molecule has 20 heavy (non-hydrogen) atoms. The SMILES string of the molecule is [Cl-].c1ccc(-c2cc[n+]3c(c2)Cc2ccccc2-3)cc1. The monoisotopic (exact) mass is 279 g/mol. The van der Waals surface area contributed by atoms with E-state index in [4.69, 9.17) is 0 Å². The molecule has 0 bridgehead atoms. The summed E-state index contributed by atoms with van der Waals surface area (Å²) in [6.45, 7) is 0. The number of para-hydroxylation sites is 1. The predicted octanol–water partition coefficient (Wildman–Crippen LogP) is 0.539. The Morgan fingerprint density at radius 3 is 2.35 bits per heavy atom. The fraction of sp³-hybridized carbons (Fsp3) is 0.0556. The van der Waals surface area contributed by atoms with E-state index < -0.39 is 0 Å². The lowest BCUT2D eigenvalue weighted by atomic mass is 10.1. The van der Waals surface area contributed by atoms with Crippen LogP contribution in [0.5, 0.6) is 0 Å². The van der Waals surface area contributed by atoms with Crippen LogP contribution in [0, 0.1) is 0 Å². The molecule has 0 amide bonds. The maximum absolute atomic E-state index is 2.30. The zero-order chi connectivity index (χ0) is 12.7. The highest BCUT2D eigenvalue weighted by Gasteiger charge is 2.26. The Labute approximate surface area is 124 Å². The average Bonchev–Trinajstić information content (AvgIpc) is 2.86. The fourth-order valence-electron chi connectivity index (χ4n) is 2.82. The van der Waals surface area contributed by atoms with Gasteiger partial charge in [0.05, 0.1) is 6.42 Å². The largest absolute Gasteiger partial charge is 1.00 e. The summed E-state index contributed by atoms with van der Waals surface area (Å²) in [5.74, 6) is 0. The molecule has 0 aliphatic carbocycles. The molecule has 2 heterocycles. The van der Waals surface area contributed by atoms with E-state index in [0.29, 0.717) is 0 Å². The molecule has 2 heteroatoms. The summed E-state index contributed by atoms with van der Waals surface area (Å²) in [5.41, 5.74) is 6.66. The van der Waals surface area contributed by atoms with Gasteiger partial charge in [-0.3, -0.25) is 0 Å². The predicted molar refractivity (Wildman–Crippen MR) is 76.2 cm³/mol. The van der Waals surface area contributed by atoms with E-state index >= 15 is 0 Å². The van der Waals surface area contributed by atoms with Crippen LogP contribution in [0.2, 0.25) is 0 Å². The quantitative estimate of drug-likeness (QED) is 0.448. The van der Waals surface area contributed by atoms with Crippen LogP contribution in [0.25, 0.3) is 16.8 Å². The van der Waals surface area contributed by atoms with Gasteiger partial charge in [0.1, 0.15) is 0 Å². The molecule has 0 radical (unpaired) electrons. The van der Waals surface area contributed by atoms with Crippen molar-refractivity contribution in [3.63, 3.8) is 0 Å². The van der Waals surface area contributed by atoms with E-state index in [-0.39, 0.29) is 12.4 Å². The third-order valence-corrected chi connectivity index (χ3v) is 3.76. The fourth-order valence-corrected chi connectivity index (χ4v) is 2.82. The van der Waals surface area contributed by atoms with E-state index in [1.54, 1.807) is 0 Å². The molecule has 1 aliphatic rings. The number of nitrogens with zero attached hydrogens (tertiary/aromatic N) is 1. The van der Waals surface area contributed by atoms with Crippen molar-refractivity contribution in [2.45, 2.75) is 6.42 Å². The molecule has 1 aromatic heterocycles. The Morgan fingerprint density at radius 1 is 0.750 bits per heavy atom. The van der Waals surface area contributed by atoms with Crippen molar-refractivity contribution in [1.82, 2.24) is 0 Å². The molecular weight excluding hydrogens is 266 g/mol. The van der Waals surface area contributed by atoms with Gasteiger partial charge in [-0.15, -0.1) is 0 Å². The van der Waals surface area contributed by atoms with E-state index in [9.17, 15) is 0 Å². The number of halogens is 1. The maximum Gasteiger partial charge on any atom is 0.214 e. The normalized spacial score (nSPS) is 11.4. The van der Waals surface area contributed by atoms with Crippen LogP contribution in [0.15, 0.2) is 72.9 Å². The maximum atomic E-state index is 2.30. The lowest BCUT2D eigenvalue weighted by Crippen LogP contribution is -3.00. The number of pyridine rings is 1. The first kappa shape index (κ1) is 12.9. The van der Waals surface area contributed by atoms with Gasteiger partial charge in [-0.2, -0.15) is 4.57 Å². The van der Waals surface area contributed by atoms with Gasteiger partial charge in [0.25, 0.3) is 0 Å². The van der Waals surface area contributed by atoms with Gasteiger partial charge >= 0.3 is 0 Å². The van der Waals surface area contributed by atoms with Gasteiger partial charge in [0, 0.05) is 23.8 Å². The van der Waals surface area contributed by atoms with Crippen LogP contribution in [-0.2, 0) is 6.42 Å². The Hall–Kier alpha value is -2.12. The van der Waals surface area contributed by atoms with Crippen molar-refractivity contribution >= 4 is 0 Å². The summed E-state index contributed by atoms with van der Waals surface area (Å²) >= 11 is 0. The van der Waals surface area contributed by atoms with Crippen molar-refractivity contribution < 1.29 is 17.0 Å². The molecule has 2 aromatic carbocycles. The van der Waals surface area contributed by atoms with Crippen LogP contribution in [0.4, 0.5) is 0 Å². The number of fused-ring (bicyclic) bond motifs is 3. The summed E-state index contributed by atoms with van der Waals surface area (Å²) < 4.78 is 2.29. The molecule has 98 valence electrons. The van der Waals surface area contributed by atoms with Gasteiger partial charge in [-0.1, -0.05) is 48.5 Å². The van der Waals surface area contributed by atoms with Crippen LogP contribution in [-0.4, -0.2) is 0 Å². The lowest BCUT2D eigenvalue weighted by Gasteiger charge is -2.01. The third kappa shape index (κ3) is 2.00. The van der Waals surface area contributed by atoms with E-state index in [1.165, 1.54) is 28.1 Å². The Bertz CT molecular complexity index is 750. The first-order valence-corrected chi connectivity index (χ1v) is 6.60. The van der Waals surface area contributed by atoms with Gasteiger partial charge in [-0.25, -0.2) is 0 Å². The van der Waals surface area contributed by atoms with E-state index in [1.807, 2.05) is 0 Å². The summed E-state index contributed by atoms with van der Waals surface area (Å²) in [4.78, 5) is 0. The van der Waals surface area contributed by atoms with Crippen LogP contribution < -0.4 is 17.0 Å². The molecule has 0 N–H and O–H groups in total. The van der Waals surface area contributed by atoms with Gasteiger partial charge in [-0.05, 0) is 11.1 Å². The topological polar surface area (TPSA) is 3.88 Å². The first-order valence-electron chi connectivity index (χ1n) is 6.60. The van der Waals surface area contributed by atoms with Crippen molar-refractivity contribution in [2.24, 2.45) is 0 Å². The second-order valence-electron chi connectivity index (χ2n) is 4.95. The highest BCUT2D eigenvalue weighted by Crippen LogP contribution is 2.24. The minimum atomic E-state index is 0. The Balaban J connectivity index is 0.00000121. The highest BCUT2D eigenvalue weighted by molar-refractivity contribution is 5.63. The number of hydrogen-bond acceptors (Lipinski definition) is 0. The van der Waals surface area contributed by atoms with Crippen molar-refractivity contribution in [1.29, 1.82) is 0 Å². The molecule has 0 saturated heterocycles. The van der Waals surface area contributed by atoms with Crippen LogP contribution >= 0.6 is 0 Å². The standard InChI is InChI=1S/C18H14N.ClH/c1-2-6-14(7-3-1)15-10-11-19-17(12-15)13-16-8-4-5-9-18(16)19;/h1-12H,13H2;1H/q+1;/p-1. The minimum Gasteiger partial charge on any atom is -1.00 e. The highest BCUT2D eigenvalue weighted by atomic mass is 35.5. The van der Waals surface area contributed by atoms with Crippen LogP contribution in [0.3, 0.4) is 0 Å². The molecule has 0 saturated carbocycles. The summed E-state index contributed by atoms with van der Waals surface area (Å²) in [5, 5.41) is 0. The lowest BCUT2D eigenvalue weighted by molar-refractivity contribution is -0.597. The van der Waals surface area contributed by atoms with Crippen molar-refractivity contribution in [3.8, 4) is 16.8 Å². The zero-order valence-corrected chi connectivity index (χ0v) is 11.7. The van der Waals surface area contributed by atoms with Crippen LogP contribution in [0.1, 0.15) is 11.3 Å². The molecule has 0 atom stereocenters. The third-order valence-electron chi connectivity index (χ3n) is 3.76. The van der Waals surface area contributed by atoms with E-state index in [2.05, 4.69) is 77.5 Å². The number of rotatable bonds is 1. The van der Waals surface area contributed by atoms with Gasteiger partial charge in [0.2, 0.25) is 5.69 Å². The molecule has 0 fully saturated rings. The van der Waals surface area contributed by atoms with E-state index in [0.717, 1.165) is 6.42 Å². The summed E-state index contributed by atoms with van der Waals surface area (Å²) in [7, 11) is 0. The second-order valence-corrected chi connectivity index (χ2v) is 4.95. The second kappa shape index (κ2) is 5.10. The molecule has 0 spiro atoms. The molecule has 1 nitrogen and oxygen atoms in total. The number of hydrogen-bond donors (Lipinski definition) is 0. The minimum absolute atomic E-state index is 0. The molecular formula is C18H14ClN. The smallest absolute Gasteiger partial charge is 0.214 e. The van der Waals surface area contributed by atoms with Crippen molar-refractivity contribution in [2.75, 3.05) is 0 Å². The van der Waals surface area contributed by atoms with Gasteiger partial charge in [0.15, 0.2) is 11.9 Å². The molecule has 0 unspecified atom stereocenters. The summed E-state index contributed by atoms with van der Waals surface area (Å²) in [6, 6.07) is 23.7. The average molecular weight is 280 g/mol. The molecule has 1 aliphatic heterocycles. The first-order chi connectivity index (χ1) is 9.42. The molecule has 4 rings (SSSR count). The Morgan fingerprint density at radius 2 is 1.50 bits per heavy atom. The van der Waals surface area contributed by atoms with Crippen molar-refractivity contribution in [3.05, 3.63) is 84.2 Å². The molecule has 3 aromatic rings. The number of benzene rings is 2.